The molecule has 2 aliphatic rings. The van der Waals surface area contributed by atoms with Crippen LogP contribution in [0, 0.1) is 0 Å². The molecule has 116 valence electrons. The summed E-state index contributed by atoms with van der Waals surface area (Å²) in [4.78, 5) is 22.4. The average Bonchev–Trinajstić information content (AvgIpc) is 3.00. The number of rotatable bonds is 3. The minimum absolute atomic E-state index is 0.144. The SMILES string of the molecule is CCc1nc(N2CCOCC2)sc1C(=O)N1CCNCC1. The second-order valence-electron chi connectivity index (χ2n) is 5.27. The van der Waals surface area contributed by atoms with E-state index in [2.05, 4.69) is 17.1 Å². The van der Waals surface area contributed by atoms with Gasteiger partial charge >= 0.3 is 0 Å². The number of piperazine rings is 1. The highest BCUT2D eigenvalue weighted by atomic mass is 32.1. The van der Waals surface area contributed by atoms with Crippen molar-refractivity contribution in [3.05, 3.63) is 10.6 Å². The molecule has 0 aliphatic carbocycles. The number of hydrogen-bond acceptors (Lipinski definition) is 6. The van der Waals surface area contributed by atoms with E-state index >= 15 is 0 Å². The third-order valence-corrected chi connectivity index (χ3v) is 5.05. The zero-order valence-electron chi connectivity index (χ0n) is 12.4. The molecule has 0 bridgehead atoms. The van der Waals surface area contributed by atoms with Gasteiger partial charge in [0.2, 0.25) is 0 Å². The van der Waals surface area contributed by atoms with Gasteiger partial charge in [0.05, 0.1) is 18.9 Å². The van der Waals surface area contributed by atoms with E-state index in [1.54, 1.807) is 11.3 Å². The summed E-state index contributed by atoms with van der Waals surface area (Å²) in [6.07, 6.45) is 0.800. The lowest BCUT2D eigenvalue weighted by Gasteiger charge is -2.27. The van der Waals surface area contributed by atoms with E-state index in [9.17, 15) is 4.79 Å². The van der Waals surface area contributed by atoms with Gasteiger partial charge < -0.3 is 19.9 Å². The van der Waals surface area contributed by atoms with Gasteiger partial charge in [0, 0.05) is 39.3 Å². The zero-order chi connectivity index (χ0) is 14.7. The van der Waals surface area contributed by atoms with E-state index in [4.69, 9.17) is 9.72 Å². The van der Waals surface area contributed by atoms with E-state index in [0.717, 1.165) is 74.6 Å². The van der Waals surface area contributed by atoms with Gasteiger partial charge in [-0.25, -0.2) is 4.98 Å². The Morgan fingerprint density at radius 1 is 1.29 bits per heavy atom. The van der Waals surface area contributed by atoms with E-state index in [-0.39, 0.29) is 5.91 Å². The number of ether oxygens (including phenoxy) is 1. The van der Waals surface area contributed by atoms with Gasteiger partial charge in [0.25, 0.3) is 5.91 Å². The topological polar surface area (TPSA) is 57.7 Å². The molecule has 21 heavy (non-hydrogen) atoms. The van der Waals surface area contributed by atoms with Gasteiger partial charge in [0.1, 0.15) is 4.88 Å². The van der Waals surface area contributed by atoms with Crippen molar-refractivity contribution in [3.8, 4) is 0 Å². The molecular formula is C14H22N4O2S. The van der Waals surface area contributed by atoms with Crippen LogP contribution in [0.3, 0.4) is 0 Å². The van der Waals surface area contributed by atoms with Crippen LogP contribution in [-0.2, 0) is 11.2 Å². The molecule has 0 saturated carbocycles. The molecule has 0 aromatic carbocycles. The fraction of sp³-hybridized carbons (Fsp3) is 0.714. The van der Waals surface area contributed by atoms with Gasteiger partial charge in [-0.05, 0) is 6.42 Å². The van der Waals surface area contributed by atoms with E-state index < -0.39 is 0 Å². The highest BCUT2D eigenvalue weighted by Gasteiger charge is 2.25. The first kappa shape index (κ1) is 14.7. The summed E-state index contributed by atoms with van der Waals surface area (Å²) in [7, 11) is 0. The maximum atomic E-state index is 12.7. The number of nitrogens with zero attached hydrogens (tertiary/aromatic N) is 3. The number of carbonyl (C=O) groups excluding carboxylic acids is 1. The zero-order valence-corrected chi connectivity index (χ0v) is 13.2. The van der Waals surface area contributed by atoms with E-state index in [0.29, 0.717) is 0 Å². The average molecular weight is 310 g/mol. The van der Waals surface area contributed by atoms with Crippen LogP contribution in [0.25, 0.3) is 0 Å². The Labute approximate surface area is 129 Å². The van der Waals surface area contributed by atoms with Crippen molar-refractivity contribution >= 4 is 22.4 Å². The largest absolute Gasteiger partial charge is 0.378 e. The van der Waals surface area contributed by atoms with Crippen molar-refractivity contribution in [2.24, 2.45) is 0 Å². The first-order chi connectivity index (χ1) is 10.3. The number of aryl methyl sites for hydroxylation is 1. The van der Waals surface area contributed by atoms with Crippen LogP contribution in [0.1, 0.15) is 22.3 Å². The Morgan fingerprint density at radius 2 is 2.00 bits per heavy atom. The van der Waals surface area contributed by atoms with Crippen molar-refractivity contribution in [2.45, 2.75) is 13.3 Å². The Bertz CT molecular complexity index is 493. The first-order valence-corrected chi connectivity index (χ1v) is 8.43. The van der Waals surface area contributed by atoms with Crippen molar-refractivity contribution in [3.63, 3.8) is 0 Å². The number of morpholine rings is 1. The molecule has 1 amide bonds. The molecule has 2 saturated heterocycles. The van der Waals surface area contributed by atoms with Gasteiger partial charge in [-0.3, -0.25) is 4.79 Å². The molecule has 3 rings (SSSR count). The number of amides is 1. The van der Waals surface area contributed by atoms with Crippen LogP contribution in [-0.4, -0.2) is 68.3 Å². The van der Waals surface area contributed by atoms with Gasteiger partial charge in [0.15, 0.2) is 5.13 Å². The van der Waals surface area contributed by atoms with Crippen LogP contribution in [0.4, 0.5) is 5.13 Å². The maximum Gasteiger partial charge on any atom is 0.266 e. The number of hydrogen-bond donors (Lipinski definition) is 1. The Hall–Kier alpha value is -1.18. The van der Waals surface area contributed by atoms with Gasteiger partial charge in [-0.2, -0.15) is 0 Å². The lowest BCUT2D eigenvalue weighted by atomic mass is 10.2. The summed E-state index contributed by atoms with van der Waals surface area (Å²) in [5, 5.41) is 4.24. The molecule has 0 unspecified atom stereocenters. The summed E-state index contributed by atoms with van der Waals surface area (Å²) in [5.74, 6) is 0.144. The summed E-state index contributed by atoms with van der Waals surface area (Å²) >= 11 is 1.54. The fourth-order valence-electron chi connectivity index (χ4n) is 2.65. The minimum Gasteiger partial charge on any atom is -0.378 e. The highest BCUT2D eigenvalue weighted by molar-refractivity contribution is 7.17. The third-order valence-electron chi connectivity index (χ3n) is 3.90. The Morgan fingerprint density at radius 3 is 2.67 bits per heavy atom. The maximum absolute atomic E-state index is 12.7. The molecule has 2 aliphatic heterocycles. The predicted octanol–water partition coefficient (Wildman–Crippen LogP) is 0.588. The minimum atomic E-state index is 0.144. The first-order valence-electron chi connectivity index (χ1n) is 7.62. The van der Waals surface area contributed by atoms with Crippen LogP contribution in [0.15, 0.2) is 0 Å². The van der Waals surface area contributed by atoms with Gasteiger partial charge in [-0.1, -0.05) is 18.3 Å². The summed E-state index contributed by atoms with van der Waals surface area (Å²) < 4.78 is 5.38. The van der Waals surface area contributed by atoms with Crippen molar-refractivity contribution in [1.29, 1.82) is 0 Å². The highest BCUT2D eigenvalue weighted by Crippen LogP contribution is 2.28. The molecular weight excluding hydrogens is 288 g/mol. The second kappa shape index (κ2) is 6.72. The summed E-state index contributed by atoms with van der Waals surface area (Å²) in [6.45, 7) is 8.58. The second-order valence-corrected chi connectivity index (χ2v) is 6.24. The fourth-order valence-corrected chi connectivity index (χ4v) is 3.82. The molecule has 0 radical (unpaired) electrons. The van der Waals surface area contributed by atoms with Gasteiger partial charge in [-0.15, -0.1) is 0 Å². The van der Waals surface area contributed by atoms with E-state index in [1.807, 2.05) is 4.90 Å². The van der Waals surface area contributed by atoms with Crippen molar-refractivity contribution in [2.75, 3.05) is 57.4 Å². The lowest BCUT2D eigenvalue weighted by molar-refractivity contribution is 0.0739. The van der Waals surface area contributed by atoms with Crippen LogP contribution >= 0.6 is 11.3 Å². The van der Waals surface area contributed by atoms with Crippen LogP contribution < -0.4 is 10.2 Å². The number of aromatic nitrogens is 1. The molecule has 1 aromatic heterocycles. The smallest absolute Gasteiger partial charge is 0.266 e. The monoisotopic (exact) mass is 310 g/mol. The van der Waals surface area contributed by atoms with Crippen molar-refractivity contribution in [1.82, 2.24) is 15.2 Å². The molecule has 1 aromatic rings. The molecule has 0 spiro atoms. The molecule has 3 heterocycles. The summed E-state index contributed by atoms with van der Waals surface area (Å²) in [5.41, 5.74) is 0.935. The molecule has 6 nitrogen and oxygen atoms in total. The number of anilines is 1. The third kappa shape index (κ3) is 3.20. The van der Waals surface area contributed by atoms with Crippen LogP contribution in [0.2, 0.25) is 0 Å². The molecule has 1 N–H and O–H groups in total. The standard InChI is InChI=1S/C14H22N4O2S/c1-2-11-12(13(19)17-5-3-15-4-6-17)21-14(16-11)18-7-9-20-10-8-18/h15H,2-10H2,1H3. The number of thiazole rings is 1. The summed E-state index contributed by atoms with van der Waals surface area (Å²) in [6, 6.07) is 0. The molecule has 7 heteroatoms. The van der Waals surface area contributed by atoms with Crippen molar-refractivity contribution < 1.29 is 9.53 Å². The number of nitrogens with one attached hydrogen (secondary N) is 1. The number of carbonyl (C=O) groups is 1. The van der Waals surface area contributed by atoms with E-state index in [1.165, 1.54) is 0 Å². The Kier molecular flexibility index (Phi) is 4.72. The normalized spacial score (nSPS) is 19.9. The molecule has 0 atom stereocenters. The van der Waals surface area contributed by atoms with Crippen LogP contribution in [0.5, 0.6) is 0 Å². The quantitative estimate of drug-likeness (QED) is 0.885. The lowest BCUT2D eigenvalue weighted by Crippen LogP contribution is -2.46. The Balaban J connectivity index is 1.79. The molecule has 2 fully saturated rings. The predicted molar refractivity (Wildman–Crippen MR) is 83.3 cm³/mol.